The number of aromatic nitrogens is 1. The first-order valence-electron chi connectivity index (χ1n) is 10.7. The van der Waals surface area contributed by atoms with Crippen molar-refractivity contribution in [1.29, 1.82) is 0 Å². The van der Waals surface area contributed by atoms with Crippen molar-refractivity contribution in [2.24, 2.45) is 0 Å². The molecule has 2 aliphatic heterocycles. The van der Waals surface area contributed by atoms with Crippen LogP contribution in [0.15, 0.2) is 48.7 Å². The molecule has 1 aromatic heterocycles. The molecule has 3 amide bonds. The Bertz CT molecular complexity index is 1300. The number of amides is 3. The largest absolute Gasteiger partial charge is 0.470 e. The molecule has 0 fully saturated rings. The molecular weight excluding hydrogens is 446 g/mol. The summed E-state index contributed by atoms with van der Waals surface area (Å²) in [5, 5.41) is 7.76. The van der Waals surface area contributed by atoms with Crippen LogP contribution in [0.25, 0.3) is 0 Å². The number of rotatable bonds is 4. The Hall–Kier alpha value is -4.21. The molecule has 0 bridgehead atoms. The zero-order valence-electron chi connectivity index (χ0n) is 18.0. The summed E-state index contributed by atoms with van der Waals surface area (Å²) in [5.74, 6) is 0.338. The number of halogens is 2. The fourth-order valence-corrected chi connectivity index (χ4v) is 3.97. The Kier molecular flexibility index (Phi) is 5.48. The van der Waals surface area contributed by atoms with Crippen LogP contribution in [0, 0.1) is 11.6 Å². The molecular formula is C24H20F2N4O4. The zero-order chi connectivity index (χ0) is 23.8. The van der Waals surface area contributed by atoms with Crippen molar-refractivity contribution in [3.8, 4) is 17.2 Å². The summed E-state index contributed by atoms with van der Waals surface area (Å²) in [6, 6.07) is 9.27. The van der Waals surface area contributed by atoms with Gasteiger partial charge in [-0.3, -0.25) is 4.79 Å². The van der Waals surface area contributed by atoms with Crippen LogP contribution in [-0.4, -0.2) is 23.2 Å². The number of hydrogen-bond donors (Lipinski definition) is 3. The molecule has 0 radical (unpaired) electrons. The van der Waals surface area contributed by atoms with Crippen LogP contribution in [0.4, 0.5) is 25.1 Å². The molecule has 174 valence electrons. The summed E-state index contributed by atoms with van der Waals surface area (Å²) < 4.78 is 38.8. The number of hydrogen-bond acceptors (Lipinski definition) is 5. The Morgan fingerprint density at radius 2 is 2.03 bits per heavy atom. The Morgan fingerprint density at radius 1 is 1.18 bits per heavy atom. The summed E-state index contributed by atoms with van der Waals surface area (Å²) in [4.78, 5) is 28.2. The van der Waals surface area contributed by atoms with E-state index in [1.54, 1.807) is 24.4 Å². The van der Waals surface area contributed by atoms with Gasteiger partial charge in [0.1, 0.15) is 34.7 Å². The molecule has 10 heteroatoms. The van der Waals surface area contributed by atoms with Gasteiger partial charge in [0.15, 0.2) is 6.23 Å². The third-order valence-corrected chi connectivity index (χ3v) is 5.73. The molecule has 3 N–H and O–H groups in total. The number of nitrogens with one attached hydrogen (secondary N) is 3. The van der Waals surface area contributed by atoms with Crippen LogP contribution in [0.5, 0.6) is 17.2 Å². The molecule has 2 atom stereocenters. The molecule has 2 aromatic carbocycles. The highest BCUT2D eigenvalue weighted by molar-refractivity contribution is 5.93. The highest BCUT2D eigenvalue weighted by Gasteiger charge is 2.33. The normalized spacial score (nSPS) is 18.3. The topological polar surface area (TPSA) is 102 Å². The molecule has 3 heterocycles. The van der Waals surface area contributed by atoms with E-state index in [0.29, 0.717) is 42.0 Å². The van der Waals surface area contributed by atoms with E-state index < -0.39 is 23.9 Å². The molecule has 2 aliphatic rings. The quantitative estimate of drug-likeness (QED) is 0.518. The van der Waals surface area contributed by atoms with Gasteiger partial charge in [-0.1, -0.05) is 6.92 Å². The number of urea groups is 1. The van der Waals surface area contributed by atoms with Crippen molar-refractivity contribution >= 4 is 23.4 Å². The molecule has 8 nitrogen and oxygen atoms in total. The molecule has 0 saturated carbocycles. The molecule has 0 aliphatic carbocycles. The van der Waals surface area contributed by atoms with Crippen molar-refractivity contribution in [1.82, 2.24) is 10.3 Å². The van der Waals surface area contributed by atoms with Gasteiger partial charge in [-0.2, -0.15) is 0 Å². The van der Waals surface area contributed by atoms with E-state index >= 15 is 0 Å². The SMILES string of the molecule is CC1c2cc(Oc3ccnc4c3CCC(=O)N4)ccc2O[C@H]1NC(=O)Nc1ccc(F)cc1F. The first-order chi connectivity index (χ1) is 16.4. The molecule has 0 saturated heterocycles. The van der Waals surface area contributed by atoms with Gasteiger partial charge in [0.25, 0.3) is 0 Å². The van der Waals surface area contributed by atoms with E-state index in [9.17, 15) is 18.4 Å². The minimum Gasteiger partial charge on any atom is -0.470 e. The number of nitrogens with zero attached hydrogens (tertiary/aromatic N) is 1. The highest BCUT2D eigenvalue weighted by atomic mass is 19.1. The van der Waals surface area contributed by atoms with Crippen LogP contribution in [0.3, 0.4) is 0 Å². The van der Waals surface area contributed by atoms with E-state index in [1.807, 2.05) is 13.0 Å². The van der Waals surface area contributed by atoms with Gasteiger partial charge in [-0.15, -0.1) is 0 Å². The second-order valence-corrected chi connectivity index (χ2v) is 8.04. The number of ether oxygens (including phenoxy) is 2. The Balaban J connectivity index is 1.28. The van der Waals surface area contributed by atoms with Crippen molar-refractivity contribution in [3.63, 3.8) is 0 Å². The first kappa shape index (κ1) is 21.6. The number of benzene rings is 2. The molecule has 0 spiro atoms. The van der Waals surface area contributed by atoms with Gasteiger partial charge < -0.3 is 25.4 Å². The fourth-order valence-electron chi connectivity index (χ4n) is 3.97. The monoisotopic (exact) mass is 466 g/mol. The van der Waals surface area contributed by atoms with E-state index in [1.165, 1.54) is 0 Å². The average molecular weight is 466 g/mol. The van der Waals surface area contributed by atoms with Gasteiger partial charge in [0.05, 0.1) is 5.69 Å². The molecule has 1 unspecified atom stereocenters. The molecule has 34 heavy (non-hydrogen) atoms. The van der Waals surface area contributed by atoms with Crippen LogP contribution >= 0.6 is 0 Å². The number of anilines is 2. The highest BCUT2D eigenvalue weighted by Crippen LogP contribution is 2.41. The summed E-state index contributed by atoms with van der Waals surface area (Å²) in [5.41, 5.74) is 1.51. The Morgan fingerprint density at radius 3 is 2.85 bits per heavy atom. The second kappa shape index (κ2) is 8.62. The minimum atomic E-state index is -0.876. The fraction of sp³-hybridized carbons (Fsp3) is 0.208. The smallest absolute Gasteiger partial charge is 0.322 e. The number of fused-ring (bicyclic) bond motifs is 2. The standard InChI is InChI=1S/C24H20F2N4O4/c1-12-16-11-14(33-20-8-9-27-22-15(20)4-7-21(31)29-22)3-6-19(16)34-23(12)30-24(32)28-18-5-2-13(25)10-17(18)26/h2-3,5-6,8-12,23H,4,7H2,1H3,(H,27,29,31)(H2,28,30,32)/t12?,23-/m1/s1. The first-order valence-corrected chi connectivity index (χ1v) is 10.7. The summed E-state index contributed by atoms with van der Waals surface area (Å²) >= 11 is 0. The third-order valence-electron chi connectivity index (χ3n) is 5.73. The second-order valence-electron chi connectivity index (χ2n) is 8.04. The third kappa shape index (κ3) is 4.21. The van der Waals surface area contributed by atoms with E-state index in [-0.39, 0.29) is 17.5 Å². The van der Waals surface area contributed by atoms with Crippen molar-refractivity contribution in [3.05, 3.63) is 71.4 Å². The van der Waals surface area contributed by atoms with Crippen LogP contribution < -0.4 is 25.4 Å². The average Bonchev–Trinajstić information content (AvgIpc) is 3.10. The van der Waals surface area contributed by atoms with Gasteiger partial charge in [-0.05, 0) is 42.8 Å². The van der Waals surface area contributed by atoms with Crippen molar-refractivity contribution in [2.75, 3.05) is 10.6 Å². The number of pyridine rings is 1. The summed E-state index contributed by atoms with van der Waals surface area (Å²) in [6.45, 7) is 1.88. The van der Waals surface area contributed by atoms with Crippen LogP contribution in [0.2, 0.25) is 0 Å². The molecule has 3 aromatic rings. The lowest BCUT2D eigenvalue weighted by Crippen LogP contribution is -2.42. The van der Waals surface area contributed by atoms with Gasteiger partial charge >= 0.3 is 6.03 Å². The van der Waals surface area contributed by atoms with E-state index in [4.69, 9.17) is 9.47 Å². The lowest BCUT2D eigenvalue weighted by Gasteiger charge is -2.19. The molecule has 5 rings (SSSR count). The van der Waals surface area contributed by atoms with E-state index in [0.717, 1.165) is 23.3 Å². The van der Waals surface area contributed by atoms with Gasteiger partial charge in [-0.25, -0.2) is 18.6 Å². The number of carbonyl (C=O) groups is 2. The lowest BCUT2D eigenvalue weighted by molar-refractivity contribution is -0.116. The van der Waals surface area contributed by atoms with Crippen LogP contribution in [0.1, 0.15) is 30.4 Å². The van der Waals surface area contributed by atoms with Gasteiger partial charge in [0.2, 0.25) is 5.91 Å². The number of carbonyl (C=O) groups excluding carboxylic acids is 2. The predicted molar refractivity (Wildman–Crippen MR) is 119 cm³/mol. The van der Waals surface area contributed by atoms with E-state index in [2.05, 4.69) is 20.9 Å². The zero-order valence-corrected chi connectivity index (χ0v) is 18.0. The lowest BCUT2D eigenvalue weighted by atomic mass is 10.0. The maximum atomic E-state index is 13.8. The van der Waals surface area contributed by atoms with Crippen molar-refractivity contribution < 1.29 is 27.8 Å². The summed E-state index contributed by atoms with van der Waals surface area (Å²) in [7, 11) is 0. The Labute approximate surface area is 193 Å². The maximum absolute atomic E-state index is 13.8. The maximum Gasteiger partial charge on any atom is 0.322 e. The van der Waals surface area contributed by atoms with Crippen LogP contribution in [-0.2, 0) is 11.2 Å². The minimum absolute atomic E-state index is 0.0783. The van der Waals surface area contributed by atoms with Gasteiger partial charge in [0, 0.05) is 35.7 Å². The van der Waals surface area contributed by atoms with Crippen molar-refractivity contribution in [2.45, 2.75) is 31.9 Å². The summed E-state index contributed by atoms with van der Waals surface area (Å²) in [6.07, 6.45) is 1.77. The predicted octanol–water partition coefficient (Wildman–Crippen LogP) is 4.68.